The van der Waals surface area contributed by atoms with Gasteiger partial charge in [-0.15, -0.1) is 0 Å². The third-order valence-electron chi connectivity index (χ3n) is 2.91. The summed E-state index contributed by atoms with van der Waals surface area (Å²) in [5.41, 5.74) is 0. The molecule has 1 atom stereocenters. The van der Waals surface area contributed by atoms with Gasteiger partial charge in [0, 0.05) is 19.1 Å². The first-order valence-corrected chi connectivity index (χ1v) is 5.99. The Kier molecular flexibility index (Phi) is 5.47. The van der Waals surface area contributed by atoms with Gasteiger partial charge >= 0.3 is 6.03 Å². The Bertz CT molecular complexity index is 190. The van der Waals surface area contributed by atoms with Crippen molar-refractivity contribution in [3.05, 3.63) is 0 Å². The minimum atomic E-state index is -0.0543. The molecule has 0 aromatic heterocycles. The highest BCUT2D eigenvalue weighted by Crippen LogP contribution is 2.11. The van der Waals surface area contributed by atoms with E-state index in [1.807, 2.05) is 6.92 Å². The van der Waals surface area contributed by atoms with Crippen LogP contribution >= 0.6 is 0 Å². The summed E-state index contributed by atoms with van der Waals surface area (Å²) in [5.74, 6) is 0. The first-order chi connectivity index (χ1) is 7.24. The van der Waals surface area contributed by atoms with Crippen LogP contribution < -0.4 is 10.6 Å². The summed E-state index contributed by atoms with van der Waals surface area (Å²) in [6.07, 6.45) is 3.95. The van der Waals surface area contributed by atoms with Crippen LogP contribution in [0.5, 0.6) is 0 Å². The first kappa shape index (κ1) is 12.3. The summed E-state index contributed by atoms with van der Waals surface area (Å²) in [4.78, 5) is 13.6. The lowest BCUT2D eigenvalue weighted by molar-refractivity contribution is 0.170. The zero-order valence-corrected chi connectivity index (χ0v) is 9.88. The van der Waals surface area contributed by atoms with E-state index in [4.69, 9.17) is 0 Å². The topological polar surface area (TPSA) is 44.4 Å². The highest BCUT2D eigenvalue weighted by Gasteiger charge is 2.16. The second kappa shape index (κ2) is 6.67. The van der Waals surface area contributed by atoms with E-state index < -0.39 is 0 Å². The minimum absolute atomic E-state index is 0.0543. The first-order valence-electron chi connectivity index (χ1n) is 5.99. The van der Waals surface area contributed by atoms with E-state index in [2.05, 4.69) is 22.5 Å². The number of likely N-dealkylation sites (tertiary alicyclic amines) is 1. The van der Waals surface area contributed by atoms with Crippen LogP contribution in [0.1, 0.15) is 33.1 Å². The Morgan fingerprint density at radius 3 is 2.53 bits per heavy atom. The largest absolute Gasteiger partial charge is 0.338 e. The molecule has 1 unspecified atom stereocenters. The van der Waals surface area contributed by atoms with Crippen molar-refractivity contribution in [2.75, 3.05) is 26.2 Å². The fraction of sp³-hybridized carbons (Fsp3) is 0.909. The maximum absolute atomic E-state index is 11.2. The molecule has 2 amide bonds. The third-order valence-corrected chi connectivity index (χ3v) is 2.91. The maximum Gasteiger partial charge on any atom is 0.314 e. The number of nitrogens with one attached hydrogen (secondary N) is 2. The summed E-state index contributed by atoms with van der Waals surface area (Å²) in [7, 11) is 0. The summed E-state index contributed by atoms with van der Waals surface area (Å²) in [5, 5.41) is 5.62. The van der Waals surface area contributed by atoms with Gasteiger partial charge in [-0.05, 0) is 39.8 Å². The van der Waals surface area contributed by atoms with E-state index in [9.17, 15) is 4.79 Å². The molecule has 0 saturated carbocycles. The minimum Gasteiger partial charge on any atom is -0.338 e. The average molecular weight is 213 g/mol. The Hall–Kier alpha value is -0.770. The molecule has 4 nitrogen and oxygen atoms in total. The monoisotopic (exact) mass is 213 g/mol. The van der Waals surface area contributed by atoms with E-state index in [0.717, 1.165) is 6.54 Å². The highest BCUT2D eigenvalue weighted by atomic mass is 16.2. The second-order valence-corrected chi connectivity index (χ2v) is 4.19. The van der Waals surface area contributed by atoms with Crippen LogP contribution in [0.4, 0.5) is 4.79 Å². The quantitative estimate of drug-likeness (QED) is 0.736. The molecule has 0 radical (unpaired) electrons. The maximum atomic E-state index is 11.2. The standard InChI is InChI=1S/C11H23N3O/c1-3-12-11(15)13-9-10(2)14-7-5-4-6-8-14/h10H,3-9H2,1-2H3,(H2,12,13,15). The lowest BCUT2D eigenvalue weighted by Crippen LogP contribution is -2.46. The molecular weight excluding hydrogens is 190 g/mol. The molecule has 1 aliphatic rings. The van der Waals surface area contributed by atoms with E-state index in [0.29, 0.717) is 12.6 Å². The van der Waals surface area contributed by atoms with E-state index in [-0.39, 0.29) is 6.03 Å². The molecule has 1 aliphatic heterocycles. The van der Waals surface area contributed by atoms with Crippen LogP contribution in [0.15, 0.2) is 0 Å². The molecule has 1 rings (SSSR count). The van der Waals surface area contributed by atoms with Crippen LogP contribution in [-0.2, 0) is 0 Å². The number of hydrogen-bond acceptors (Lipinski definition) is 2. The summed E-state index contributed by atoms with van der Waals surface area (Å²) >= 11 is 0. The Morgan fingerprint density at radius 1 is 1.27 bits per heavy atom. The van der Waals surface area contributed by atoms with Gasteiger partial charge in [-0.2, -0.15) is 0 Å². The lowest BCUT2D eigenvalue weighted by atomic mass is 10.1. The number of nitrogens with zero attached hydrogens (tertiary/aromatic N) is 1. The van der Waals surface area contributed by atoms with Crippen LogP contribution in [-0.4, -0.2) is 43.2 Å². The van der Waals surface area contributed by atoms with Crippen molar-refractivity contribution in [2.45, 2.75) is 39.2 Å². The summed E-state index contributed by atoms with van der Waals surface area (Å²) in [6.45, 7) is 7.89. The van der Waals surface area contributed by atoms with Crippen molar-refractivity contribution < 1.29 is 4.79 Å². The highest BCUT2D eigenvalue weighted by molar-refractivity contribution is 5.73. The lowest BCUT2D eigenvalue weighted by Gasteiger charge is -2.32. The van der Waals surface area contributed by atoms with Crippen LogP contribution in [0, 0.1) is 0 Å². The third kappa shape index (κ3) is 4.51. The van der Waals surface area contributed by atoms with Gasteiger partial charge in [0.2, 0.25) is 0 Å². The molecule has 0 aromatic rings. The molecule has 0 aliphatic carbocycles. The van der Waals surface area contributed by atoms with Gasteiger partial charge in [0.15, 0.2) is 0 Å². The van der Waals surface area contributed by atoms with Gasteiger partial charge in [-0.3, -0.25) is 4.90 Å². The Labute approximate surface area is 92.4 Å². The van der Waals surface area contributed by atoms with Crippen molar-refractivity contribution in [3.8, 4) is 0 Å². The number of carbonyl (C=O) groups is 1. The van der Waals surface area contributed by atoms with E-state index in [1.54, 1.807) is 0 Å². The van der Waals surface area contributed by atoms with Gasteiger partial charge < -0.3 is 10.6 Å². The van der Waals surface area contributed by atoms with Gasteiger partial charge in [0.05, 0.1) is 0 Å². The predicted octanol–water partition coefficient (Wildman–Crippen LogP) is 1.18. The fourth-order valence-corrected chi connectivity index (χ4v) is 1.95. The van der Waals surface area contributed by atoms with Gasteiger partial charge in [0.1, 0.15) is 0 Å². The molecule has 1 saturated heterocycles. The van der Waals surface area contributed by atoms with Crippen molar-refractivity contribution in [3.63, 3.8) is 0 Å². The molecule has 2 N–H and O–H groups in total. The van der Waals surface area contributed by atoms with Crippen molar-refractivity contribution in [2.24, 2.45) is 0 Å². The van der Waals surface area contributed by atoms with Gasteiger partial charge in [0.25, 0.3) is 0 Å². The molecule has 4 heteroatoms. The van der Waals surface area contributed by atoms with Crippen LogP contribution in [0.25, 0.3) is 0 Å². The van der Waals surface area contributed by atoms with Crippen molar-refractivity contribution >= 4 is 6.03 Å². The number of hydrogen-bond donors (Lipinski definition) is 2. The van der Waals surface area contributed by atoms with E-state index >= 15 is 0 Å². The zero-order chi connectivity index (χ0) is 11.1. The predicted molar refractivity (Wildman–Crippen MR) is 62.0 cm³/mol. The molecular formula is C11H23N3O. The molecule has 15 heavy (non-hydrogen) atoms. The second-order valence-electron chi connectivity index (χ2n) is 4.19. The molecule has 88 valence electrons. The van der Waals surface area contributed by atoms with Gasteiger partial charge in [-0.1, -0.05) is 6.42 Å². The molecule has 0 aromatic carbocycles. The van der Waals surface area contributed by atoms with Crippen molar-refractivity contribution in [1.29, 1.82) is 0 Å². The van der Waals surface area contributed by atoms with Crippen LogP contribution in [0.3, 0.4) is 0 Å². The number of urea groups is 1. The Morgan fingerprint density at radius 2 is 1.93 bits per heavy atom. The summed E-state index contributed by atoms with van der Waals surface area (Å²) < 4.78 is 0. The summed E-state index contributed by atoms with van der Waals surface area (Å²) in [6, 6.07) is 0.397. The fourth-order valence-electron chi connectivity index (χ4n) is 1.95. The normalized spacial score (nSPS) is 19.6. The molecule has 0 bridgehead atoms. The zero-order valence-electron chi connectivity index (χ0n) is 9.88. The molecule has 0 spiro atoms. The number of piperidine rings is 1. The average Bonchev–Trinajstić information content (AvgIpc) is 2.27. The smallest absolute Gasteiger partial charge is 0.314 e. The SMILES string of the molecule is CCNC(=O)NCC(C)N1CCCCC1. The number of rotatable bonds is 4. The van der Waals surface area contributed by atoms with Gasteiger partial charge in [-0.25, -0.2) is 4.79 Å². The van der Waals surface area contributed by atoms with Crippen molar-refractivity contribution in [1.82, 2.24) is 15.5 Å². The molecule has 1 heterocycles. The number of carbonyl (C=O) groups excluding carboxylic acids is 1. The van der Waals surface area contributed by atoms with Crippen LogP contribution in [0.2, 0.25) is 0 Å². The Balaban J connectivity index is 2.16. The number of amides is 2. The molecule has 1 fully saturated rings. The van der Waals surface area contributed by atoms with E-state index in [1.165, 1.54) is 32.4 Å².